The van der Waals surface area contributed by atoms with E-state index in [1.807, 2.05) is 23.7 Å². The Balaban J connectivity index is 1.88. The van der Waals surface area contributed by atoms with E-state index in [1.165, 1.54) is 11.3 Å². The van der Waals surface area contributed by atoms with Crippen molar-refractivity contribution in [2.45, 2.75) is 33.4 Å². The number of hydrogen-bond acceptors (Lipinski definition) is 4. The predicted molar refractivity (Wildman–Crippen MR) is 103 cm³/mol. The summed E-state index contributed by atoms with van der Waals surface area (Å²) in [4.78, 5) is 26.0. The smallest absolute Gasteiger partial charge is 0.262 e. The molecule has 1 atom stereocenters. The molecule has 2 heterocycles. The van der Waals surface area contributed by atoms with Gasteiger partial charge < -0.3 is 11.1 Å². The highest BCUT2D eigenvalue weighted by atomic mass is 32.1. The van der Waals surface area contributed by atoms with Crippen LogP contribution in [0, 0.1) is 12.8 Å². The lowest BCUT2D eigenvalue weighted by Crippen LogP contribution is -2.37. The lowest BCUT2D eigenvalue weighted by molar-refractivity contribution is -0.120. The van der Waals surface area contributed by atoms with Crippen LogP contribution in [-0.4, -0.2) is 21.6 Å². The number of aryl methyl sites for hydroxylation is 1. The number of primary amides is 1. The molecule has 0 spiro atoms. The standard InChI is InChI=1S/C19H22N4O2S/c1-11(2)10-23-19-14(12(3)22-23)9-15(26-19)18(25)21-16(17(20)24)13-7-5-4-6-8-13/h4-9,11,16H,10H2,1-3H3,(H2,20,24)(H,21,25)/t16-/m1/s1. The first kappa shape index (κ1) is 18.1. The highest BCUT2D eigenvalue weighted by Crippen LogP contribution is 2.29. The minimum Gasteiger partial charge on any atom is -0.368 e. The highest BCUT2D eigenvalue weighted by Gasteiger charge is 2.23. The van der Waals surface area contributed by atoms with E-state index >= 15 is 0 Å². The van der Waals surface area contributed by atoms with E-state index in [4.69, 9.17) is 5.73 Å². The Morgan fingerprint density at radius 2 is 1.96 bits per heavy atom. The molecular weight excluding hydrogens is 348 g/mol. The maximum atomic E-state index is 12.7. The number of aromatic nitrogens is 2. The van der Waals surface area contributed by atoms with Gasteiger partial charge in [0.2, 0.25) is 5.91 Å². The van der Waals surface area contributed by atoms with Gasteiger partial charge in [0.1, 0.15) is 10.9 Å². The van der Waals surface area contributed by atoms with Gasteiger partial charge in [-0.25, -0.2) is 0 Å². The Morgan fingerprint density at radius 3 is 2.58 bits per heavy atom. The first-order valence-electron chi connectivity index (χ1n) is 8.49. The predicted octanol–water partition coefficient (Wildman–Crippen LogP) is 3.02. The number of nitrogens with zero attached hydrogens (tertiary/aromatic N) is 2. The van der Waals surface area contributed by atoms with Crippen LogP contribution in [0.3, 0.4) is 0 Å². The second-order valence-electron chi connectivity index (χ2n) is 6.71. The Labute approximate surface area is 156 Å². The summed E-state index contributed by atoms with van der Waals surface area (Å²) in [5, 5.41) is 8.26. The molecule has 0 saturated heterocycles. The lowest BCUT2D eigenvalue weighted by Gasteiger charge is -2.15. The molecule has 2 aromatic heterocycles. The van der Waals surface area contributed by atoms with Crippen LogP contribution in [0.5, 0.6) is 0 Å². The summed E-state index contributed by atoms with van der Waals surface area (Å²) >= 11 is 1.38. The number of amides is 2. The van der Waals surface area contributed by atoms with Crippen LogP contribution in [-0.2, 0) is 11.3 Å². The fourth-order valence-electron chi connectivity index (χ4n) is 2.86. The van der Waals surface area contributed by atoms with E-state index in [1.54, 1.807) is 24.3 Å². The van der Waals surface area contributed by atoms with Crippen molar-refractivity contribution in [2.24, 2.45) is 11.7 Å². The van der Waals surface area contributed by atoms with E-state index in [9.17, 15) is 9.59 Å². The molecule has 0 saturated carbocycles. The fraction of sp³-hybridized carbons (Fsp3) is 0.316. The third-order valence-corrected chi connectivity index (χ3v) is 5.21. The zero-order chi connectivity index (χ0) is 18.8. The molecule has 136 valence electrons. The van der Waals surface area contributed by atoms with Gasteiger partial charge in [-0.05, 0) is 24.5 Å². The SMILES string of the molecule is Cc1nn(CC(C)C)c2sc(C(=O)N[C@@H](C(N)=O)c3ccccc3)cc12. The van der Waals surface area contributed by atoms with Gasteiger partial charge in [0, 0.05) is 11.9 Å². The number of thiophene rings is 1. The maximum Gasteiger partial charge on any atom is 0.262 e. The quantitative estimate of drug-likeness (QED) is 0.699. The number of fused-ring (bicyclic) bond motifs is 1. The number of hydrogen-bond donors (Lipinski definition) is 2. The van der Waals surface area contributed by atoms with Crippen molar-refractivity contribution < 1.29 is 9.59 Å². The van der Waals surface area contributed by atoms with Crippen molar-refractivity contribution in [1.29, 1.82) is 0 Å². The van der Waals surface area contributed by atoms with Crippen molar-refractivity contribution in [3.63, 3.8) is 0 Å². The number of rotatable bonds is 6. The summed E-state index contributed by atoms with van der Waals surface area (Å²) in [5.74, 6) is -0.448. The number of carbonyl (C=O) groups excluding carboxylic acids is 2. The van der Waals surface area contributed by atoms with Crippen LogP contribution in [0.2, 0.25) is 0 Å². The lowest BCUT2D eigenvalue weighted by atomic mass is 10.1. The maximum absolute atomic E-state index is 12.7. The Morgan fingerprint density at radius 1 is 1.27 bits per heavy atom. The highest BCUT2D eigenvalue weighted by molar-refractivity contribution is 7.20. The second-order valence-corrected chi connectivity index (χ2v) is 7.74. The topological polar surface area (TPSA) is 90.0 Å². The summed E-state index contributed by atoms with van der Waals surface area (Å²) in [6.45, 7) is 6.98. The van der Waals surface area contributed by atoms with Crippen LogP contribution >= 0.6 is 11.3 Å². The Kier molecular flexibility index (Phi) is 5.08. The number of nitrogens with two attached hydrogens (primary N) is 1. The van der Waals surface area contributed by atoms with Gasteiger partial charge in [-0.2, -0.15) is 5.10 Å². The molecule has 3 aromatic rings. The van der Waals surface area contributed by atoms with Gasteiger partial charge in [-0.3, -0.25) is 14.3 Å². The molecule has 6 nitrogen and oxygen atoms in total. The zero-order valence-electron chi connectivity index (χ0n) is 15.0. The summed E-state index contributed by atoms with van der Waals surface area (Å²) in [6.07, 6.45) is 0. The molecule has 0 bridgehead atoms. The van der Waals surface area contributed by atoms with E-state index in [0.29, 0.717) is 16.4 Å². The van der Waals surface area contributed by atoms with Gasteiger partial charge in [-0.1, -0.05) is 44.2 Å². The monoisotopic (exact) mass is 370 g/mol. The first-order chi connectivity index (χ1) is 12.4. The molecule has 2 amide bonds. The van der Waals surface area contributed by atoms with Gasteiger partial charge in [0.25, 0.3) is 5.91 Å². The molecule has 0 aliphatic heterocycles. The van der Waals surface area contributed by atoms with Gasteiger partial charge in [-0.15, -0.1) is 11.3 Å². The average molecular weight is 370 g/mol. The molecule has 26 heavy (non-hydrogen) atoms. The minimum absolute atomic E-state index is 0.311. The Bertz CT molecular complexity index is 943. The Hall–Kier alpha value is -2.67. The van der Waals surface area contributed by atoms with E-state index in [0.717, 1.165) is 22.5 Å². The third-order valence-electron chi connectivity index (χ3n) is 4.06. The number of nitrogens with one attached hydrogen (secondary N) is 1. The van der Waals surface area contributed by atoms with E-state index in [2.05, 4.69) is 24.3 Å². The van der Waals surface area contributed by atoms with Crippen LogP contribution in [0.4, 0.5) is 0 Å². The summed E-state index contributed by atoms with van der Waals surface area (Å²) in [7, 11) is 0. The van der Waals surface area contributed by atoms with E-state index < -0.39 is 11.9 Å². The summed E-state index contributed by atoms with van der Waals surface area (Å²) in [5.41, 5.74) is 7.05. The molecule has 0 unspecified atom stereocenters. The van der Waals surface area contributed by atoms with Crippen molar-refractivity contribution in [3.8, 4) is 0 Å². The zero-order valence-corrected chi connectivity index (χ0v) is 15.8. The second kappa shape index (κ2) is 7.29. The van der Waals surface area contributed by atoms with Crippen molar-refractivity contribution in [2.75, 3.05) is 0 Å². The normalized spacial score (nSPS) is 12.5. The van der Waals surface area contributed by atoms with Crippen molar-refractivity contribution in [1.82, 2.24) is 15.1 Å². The average Bonchev–Trinajstić information content (AvgIpc) is 3.14. The number of benzene rings is 1. The van der Waals surface area contributed by atoms with Crippen molar-refractivity contribution in [3.05, 3.63) is 52.5 Å². The molecule has 3 N–H and O–H groups in total. The number of carbonyl (C=O) groups is 2. The van der Waals surface area contributed by atoms with E-state index in [-0.39, 0.29) is 5.91 Å². The molecule has 3 rings (SSSR count). The van der Waals surface area contributed by atoms with Crippen LogP contribution in [0.1, 0.15) is 40.8 Å². The van der Waals surface area contributed by atoms with Gasteiger partial charge in [0.05, 0.1) is 10.6 Å². The summed E-state index contributed by atoms with van der Waals surface area (Å²) < 4.78 is 1.94. The molecule has 0 fully saturated rings. The third kappa shape index (κ3) is 3.62. The van der Waals surface area contributed by atoms with Crippen LogP contribution in [0.25, 0.3) is 10.2 Å². The van der Waals surface area contributed by atoms with Gasteiger partial charge >= 0.3 is 0 Å². The van der Waals surface area contributed by atoms with Gasteiger partial charge in [0.15, 0.2) is 0 Å². The molecule has 1 aromatic carbocycles. The molecule has 0 aliphatic rings. The molecule has 0 radical (unpaired) electrons. The summed E-state index contributed by atoms with van der Waals surface area (Å²) in [6, 6.07) is 9.97. The molecule has 0 aliphatic carbocycles. The van der Waals surface area contributed by atoms with Crippen LogP contribution < -0.4 is 11.1 Å². The molecular formula is C19H22N4O2S. The minimum atomic E-state index is -0.859. The first-order valence-corrected chi connectivity index (χ1v) is 9.30. The van der Waals surface area contributed by atoms with Crippen molar-refractivity contribution >= 4 is 33.4 Å². The fourth-order valence-corrected chi connectivity index (χ4v) is 3.93. The molecule has 7 heteroatoms. The largest absolute Gasteiger partial charge is 0.368 e. The van der Waals surface area contributed by atoms with Crippen LogP contribution in [0.15, 0.2) is 36.4 Å².